The van der Waals surface area contributed by atoms with Gasteiger partial charge < -0.3 is 15.8 Å². The van der Waals surface area contributed by atoms with Gasteiger partial charge in [-0.15, -0.1) is 0 Å². The number of hydrogen-bond acceptors (Lipinski definition) is 3. The SMILES string of the molecule is Nc1cc(Cl)c(NC[C@@H]2CCCO2)c(Cl)c1. The summed E-state index contributed by atoms with van der Waals surface area (Å²) in [6, 6.07) is 3.37. The zero-order chi connectivity index (χ0) is 11.5. The Hall–Kier alpha value is -0.640. The summed E-state index contributed by atoms with van der Waals surface area (Å²) in [5.74, 6) is 0. The fourth-order valence-electron chi connectivity index (χ4n) is 1.78. The molecule has 0 spiro atoms. The molecule has 0 radical (unpaired) electrons. The number of nitrogens with two attached hydrogens (primary N) is 1. The molecule has 0 unspecified atom stereocenters. The predicted octanol–water partition coefficient (Wildman–Crippen LogP) is 3.17. The summed E-state index contributed by atoms with van der Waals surface area (Å²) in [4.78, 5) is 0. The zero-order valence-electron chi connectivity index (χ0n) is 8.80. The standard InChI is InChI=1S/C11H14Cl2N2O/c12-9-4-7(14)5-10(13)11(9)15-6-8-2-1-3-16-8/h4-5,8,15H,1-3,6,14H2/t8-/m0/s1. The molecule has 1 saturated heterocycles. The molecule has 3 nitrogen and oxygen atoms in total. The molecular weight excluding hydrogens is 247 g/mol. The van der Waals surface area contributed by atoms with E-state index in [1.807, 2.05) is 0 Å². The van der Waals surface area contributed by atoms with Crippen molar-refractivity contribution in [3.05, 3.63) is 22.2 Å². The second kappa shape index (κ2) is 5.13. The zero-order valence-corrected chi connectivity index (χ0v) is 10.3. The lowest BCUT2D eigenvalue weighted by molar-refractivity contribution is 0.120. The van der Waals surface area contributed by atoms with Crippen LogP contribution in [0.1, 0.15) is 12.8 Å². The molecule has 1 aromatic rings. The van der Waals surface area contributed by atoms with E-state index in [1.165, 1.54) is 0 Å². The van der Waals surface area contributed by atoms with Crippen LogP contribution in [0, 0.1) is 0 Å². The highest BCUT2D eigenvalue weighted by Gasteiger charge is 2.16. The molecule has 2 rings (SSSR count). The van der Waals surface area contributed by atoms with Crippen LogP contribution in [0.5, 0.6) is 0 Å². The number of nitrogen functional groups attached to an aromatic ring is 1. The maximum atomic E-state index is 6.05. The Kier molecular flexibility index (Phi) is 3.79. The van der Waals surface area contributed by atoms with Gasteiger partial charge in [-0.05, 0) is 25.0 Å². The van der Waals surface area contributed by atoms with Crippen molar-refractivity contribution in [2.45, 2.75) is 18.9 Å². The van der Waals surface area contributed by atoms with Gasteiger partial charge in [0.25, 0.3) is 0 Å². The number of hydrogen-bond donors (Lipinski definition) is 2. The first-order valence-electron chi connectivity index (χ1n) is 5.27. The fraction of sp³-hybridized carbons (Fsp3) is 0.455. The van der Waals surface area contributed by atoms with E-state index in [0.717, 1.165) is 31.7 Å². The lowest BCUT2D eigenvalue weighted by atomic mass is 10.2. The van der Waals surface area contributed by atoms with Gasteiger partial charge >= 0.3 is 0 Å². The van der Waals surface area contributed by atoms with Crippen LogP contribution in [-0.2, 0) is 4.74 Å². The van der Waals surface area contributed by atoms with Crippen molar-refractivity contribution in [3.8, 4) is 0 Å². The minimum Gasteiger partial charge on any atom is -0.399 e. The molecule has 0 amide bonds. The Balaban J connectivity index is 2.03. The van der Waals surface area contributed by atoms with Crippen LogP contribution in [-0.4, -0.2) is 19.3 Å². The predicted molar refractivity (Wildman–Crippen MR) is 68.3 cm³/mol. The van der Waals surface area contributed by atoms with E-state index >= 15 is 0 Å². The van der Waals surface area contributed by atoms with Crippen molar-refractivity contribution in [1.29, 1.82) is 0 Å². The number of halogens is 2. The van der Waals surface area contributed by atoms with E-state index in [9.17, 15) is 0 Å². The van der Waals surface area contributed by atoms with E-state index in [0.29, 0.717) is 15.7 Å². The van der Waals surface area contributed by atoms with Crippen LogP contribution in [0.15, 0.2) is 12.1 Å². The van der Waals surface area contributed by atoms with E-state index < -0.39 is 0 Å². The summed E-state index contributed by atoms with van der Waals surface area (Å²) >= 11 is 12.1. The second-order valence-electron chi connectivity index (χ2n) is 3.88. The average molecular weight is 261 g/mol. The van der Waals surface area contributed by atoms with Gasteiger partial charge in [-0.2, -0.15) is 0 Å². The molecule has 1 aromatic carbocycles. The molecule has 16 heavy (non-hydrogen) atoms. The van der Waals surface area contributed by atoms with Crippen molar-refractivity contribution >= 4 is 34.6 Å². The van der Waals surface area contributed by atoms with Gasteiger partial charge in [0, 0.05) is 18.8 Å². The molecule has 1 atom stereocenters. The highest BCUT2D eigenvalue weighted by molar-refractivity contribution is 6.39. The van der Waals surface area contributed by atoms with Gasteiger partial charge in [-0.1, -0.05) is 23.2 Å². The van der Waals surface area contributed by atoms with Gasteiger partial charge in [0.05, 0.1) is 21.8 Å². The van der Waals surface area contributed by atoms with Gasteiger partial charge in [0.15, 0.2) is 0 Å². The van der Waals surface area contributed by atoms with Crippen molar-refractivity contribution in [2.75, 3.05) is 24.2 Å². The minimum absolute atomic E-state index is 0.254. The van der Waals surface area contributed by atoms with Gasteiger partial charge in [-0.3, -0.25) is 0 Å². The Morgan fingerprint density at radius 3 is 2.62 bits per heavy atom. The number of benzene rings is 1. The lowest BCUT2D eigenvalue weighted by Crippen LogP contribution is -2.18. The maximum absolute atomic E-state index is 6.05. The van der Waals surface area contributed by atoms with E-state index in [4.69, 9.17) is 33.7 Å². The van der Waals surface area contributed by atoms with Crippen LogP contribution in [0.2, 0.25) is 10.0 Å². The third-order valence-corrected chi connectivity index (χ3v) is 3.19. The monoisotopic (exact) mass is 260 g/mol. The molecule has 3 N–H and O–H groups in total. The van der Waals surface area contributed by atoms with E-state index in [2.05, 4.69) is 5.32 Å². The average Bonchev–Trinajstić information content (AvgIpc) is 2.68. The third-order valence-electron chi connectivity index (χ3n) is 2.59. The van der Waals surface area contributed by atoms with Crippen LogP contribution in [0.25, 0.3) is 0 Å². The summed E-state index contributed by atoms with van der Waals surface area (Å²) in [5.41, 5.74) is 6.92. The Bertz CT molecular complexity index is 355. The summed E-state index contributed by atoms with van der Waals surface area (Å²) < 4.78 is 5.50. The molecule has 1 heterocycles. The molecule has 0 saturated carbocycles. The quantitative estimate of drug-likeness (QED) is 0.821. The van der Waals surface area contributed by atoms with Crippen molar-refractivity contribution < 1.29 is 4.74 Å². The third kappa shape index (κ3) is 2.73. The summed E-state index contributed by atoms with van der Waals surface area (Å²) in [7, 11) is 0. The van der Waals surface area contributed by atoms with Gasteiger partial charge in [-0.25, -0.2) is 0 Å². The highest BCUT2D eigenvalue weighted by atomic mass is 35.5. The second-order valence-corrected chi connectivity index (χ2v) is 4.69. The molecular formula is C11H14Cl2N2O. The van der Waals surface area contributed by atoms with Crippen molar-refractivity contribution in [1.82, 2.24) is 0 Å². The first-order chi connectivity index (χ1) is 7.66. The van der Waals surface area contributed by atoms with Crippen LogP contribution < -0.4 is 11.1 Å². The Morgan fingerprint density at radius 2 is 2.06 bits per heavy atom. The number of nitrogens with one attached hydrogen (secondary N) is 1. The normalized spacial score (nSPS) is 20.0. The maximum Gasteiger partial charge on any atom is 0.0748 e. The van der Waals surface area contributed by atoms with E-state index in [1.54, 1.807) is 12.1 Å². The van der Waals surface area contributed by atoms with Crippen molar-refractivity contribution in [3.63, 3.8) is 0 Å². The lowest BCUT2D eigenvalue weighted by Gasteiger charge is -2.14. The van der Waals surface area contributed by atoms with Crippen molar-refractivity contribution in [2.24, 2.45) is 0 Å². The Morgan fingerprint density at radius 1 is 1.38 bits per heavy atom. The van der Waals surface area contributed by atoms with E-state index in [-0.39, 0.29) is 6.10 Å². The molecule has 1 aliphatic heterocycles. The van der Waals surface area contributed by atoms with Crippen LogP contribution >= 0.6 is 23.2 Å². The topological polar surface area (TPSA) is 47.3 Å². The first kappa shape index (κ1) is 11.8. The van der Waals surface area contributed by atoms with Crippen LogP contribution in [0.4, 0.5) is 11.4 Å². The number of rotatable bonds is 3. The molecule has 1 fully saturated rings. The summed E-state index contributed by atoms with van der Waals surface area (Å²) in [5, 5.41) is 4.29. The molecule has 0 bridgehead atoms. The molecule has 0 aliphatic carbocycles. The fourth-order valence-corrected chi connectivity index (χ4v) is 2.42. The summed E-state index contributed by atoms with van der Waals surface area (Å²) in [6.45, 7) is 1.57. The molecule has 1 aliphatic rings. The molecule has 5 heteroatoms. The van der Waals surface area contributed by atoms with Gasteiger partial charge in [0.2, 0.25) is 0 Å². The van der Waals surface area contributed by atoms with Gasteiger partial charge in [0.1, 0.15) is 0 Å². The minimum atomic E-state index is 0.254. The largest absolute Gasteiger partial charge is 0.399 e. The smallest absolute Gasteiger partial charge is 0.0748 e. The number of anilines is 2. The number of ether oxygens (including phenoxy) is 1. The molecule has 0 aromatic heterocycles. The molecule has 88 valence electrons. The summed E-state index contributed by atoms with van der Waals surface area (Å²) in [6.07, 6.45) is 2.46. The highest BCUT2D eigenvalue weighted by Crippen LogP contribution is 2.33. The Labute approximate surface area is 105 Å². The van der Waals surface area contributed by atoms with Crippen LogP contribution in [0.3, 0.4) is 0 Å². The first-order valence-corrected chi connectivity index (χ1v) is 6.02.